The standard InChI is InChI=1S/C18H31NO6/c1-9-10-18(8,14(22)24-16(2,3)4)11-12(13(20)21)19-15(23)25-17(5,6)7/h9,12H,1,10-11H2,2-8H3,(H,19,23)(H,20,21)/t12-,18?/m0/s1. The van der Waals surface area contributed by atoms with Crippen LogP contribution in [0.25, 0.3) is 0 Å². The van der Waals surface area contributed by atoms with E-state index in [0.717, 1.165) is 0 Å². The van der Waals surface area contributed by atoms with Crippen molar-refractivity contribution in [1.29, 1.82) is 0 Å². The van der Waals surface area contributed by atoms with E-state index in [-0.39, 0.29) is 12.8 Å². The number of alkyl carbamates (subject to hydrolysis) is 1. The Kier molecular flexibility index (Phi) is 7.67. The minimum Gasteiger partial charge on any atom is -0.480 e. The molecule has 1 unspecified atom stereocenters. The number of nitrogens with one attached hydrogen (secondary N) is 1. The summed E-state index contributed by atoms with van der Waals surface area (Å²) >= 11 is 0. The molecule has 2 atom stereocenters. The fraction of sp³-hybridized carbons (Fsp3) is 0.722. The monoisotopic (exact) mass is 357 g/mol. The zero-order valence-electron chi connectivity index (χ0n) is 16.3. The van der Waals surface area contributed by atoms with Gasteiger partial charge in [-0.3, -0.25) is 4.79 Å². The van der Waals surface area contributed by atoms with Gasteiger partial charge >= 0.3 is 18.0 Å². The van der Waals surface area contributed by atoms with Gasteiger partial charge in [0, 0.05) is 0 Å². The van der Waals surface area contributed by atoms with Crippen molar-refractivity contribution in [3.8, 4) is 0 Å². The van der Waals surface area contributed by atoms with Crippen molar-refractivity contribution in [3.05, 3.63) is 12.7 Å². The van der Waals surface area contributed by atoms with Gasteiger partial charge in [0.1, 0.15) is 17.2 Å². The minimum absolute atomic E-state index is 0.150. The van der Waals surface area contributed by atoms with Gasteiger partial charge in [-0.15, -0.1) is 6.58 Å². The second kappa shape index (κ2) is 8.36. The second-order valence-electron chi connectivity index (χ2n) is 8.30. The lowest BCUT2D eigenvalue weighted by Crippen LogP contribution is -2.48. The molecular weight excluding hydrogens is 326 g/mol. The van der Waals surface area contributed by atoms with E-state index in [4.69, 9.17) is 9.47 Å². The highest BCUT2D eigenvalue weighted by molar-refractivity contribution is 5.82. The topological polar surface area (TPSA) is 102 Å². The fourth-order valence-corrected chi connectivity index (χ4v) is 2.07. The first-order valence-corrected chi connectivity index (χ1v) is 8.16. The first-order valence-electron chi connectivity index (χ1n) is 8.16. The van der Waals surface area contributed by atoms with Gasteiger partial charge in [-0.25, -0.2) is 9.59 Å². The lowest BCUT2D eigenvalue weighted by atomic mass is 9.80. The molecule has 7 heteroatoms. The summed E-state index contributed by atoms with van der Waals surface area (Å²) < 4.78 is 10.5. The van der Waals surface area contributed by atoms with E-state index in [1.54, 1.807) is 48.5 Å². The molecule has 144 valence electrons. The smallest absolute Gasteiger partial charge is 0.408 e. The number of hydrogen-bond donors (Lipinski definition) is 2. The van der Waals surface area contributed by atoms with Crippen molar-refractivity contribution in [1.82, 2.24) is 5.32 Å². The molecule has 0 radical (unpaired) electrons. The molecule has 1 amide bonds. The number of carbonyl (C=O) groups excluding carboxylic acids is 2. The van der Waals surface area contributed by atoms with Crippen LogP contribution in [0.2, 0.25) is 0 Å². The molecular formula is C18H31NO6. The van der Waals surface area contributed by atoms with E-state index < -0.39 is 40.7 Å². The van der Waals surface area contributed by atoms with Gasteiger partial charge in [0.05, 0.1) is 5.41 Å². The number of aliphatic carboxylic acids is 1. The number of esters is 1. The number of ether oxygens (including phenoxy) is 2. The highest BCUT2D eigenvalue weighted by atomic mass is 16.6. The van der Waals surface area contributed by atoms with Crippen LogP contribution in [0.4, 0.5) is 4.79 Å². The van der Waals surface area contributed by atoms with Crippen molar-refractivity contribution >= 4 is 18.0 Å². The Hall–Kier alpha value is -2.05. The highest BCUT2D eigenvalue weighted by Gasteiger charge is 2.41. The van der Waals surface area contributed by atoms with Gasteiger partial charge in [0.15, 0.2) is 0 Å². The summed E-state index contributed by atoms with van der Waals surface area (Å²) in [4.78, 5) is 36.0. The number of carbonyl (C=O) groups is 3. The maximum atomic E-state index is 12.5. The maximum absolute atomic E-state index is 12.5. The van der Waals surface area contributed by atoms with Gasteiger partial charge in [0.25, 0.3) is 0 Å². The number of allylic oxidation sites excluding steroid dienone is 1. The molecule has 25 heavy (non-hydrogen) atoms. The number of rotatable bonds is 7. The summed E-state index contributed by atoms with van der Waals surface area (Å²) in [6, 6.07) is -1.30. The third kappa shape index (κ3) is 9.12. The molecule has 0 aliphatic carbocycles. The predicted octanol–water partition coefficient (Wildman–Crippen LogP) is 3.28. The predicted molar refractivity (Wildman–Crippen MR) is 94.2 cm³/mol. The van der Waals surface area contributed by atoms with E-state index in [9.17, 15) is 19.5 Å². The minimum atomic E-state index is -1.30. The van der Waals surface area contributed by atoms with E-state index in [1.807, 2.05) is 0 Å². The van der Waals surface area contributed by atoms with Crippen LogP contribution in [0.15, 0.2) is 12.7 Å². The number of carboxylic acids is 1. The van der Waals surface area contributed by atoms with Crippen molar-refractivity contribution in [2.45, 2.75) is 78.6 Å². The normalized spacial score (nSPS) is 15.5. The average molecular weight is 357 g/mol. The SMILES string of the molecule is C=CCC(C)(C[C@H](NC(=O)OC(C)(C)C)C(=O)O)C(=O)OC(C)(C)C. The summed E-state index contributed by atoms with van der Waals surface area (Å²) in [5.41, 5.74) is -2.62. The molecule has 0 aliphatic heterocycles. The molecule has 0 saturated heterocycles. The Labute approximate surface area is 149 Å². The zero-order valence-corrected chi connectivity index (χ0v) is 16.3. The Morgan fingerprint density at radius 2 is 1.52 bits per heavy atom. The van der Waals surface area contributed by atoms with Crippen LogP contribution in [0.3, 0.4) is 0 Å². The summed E-state index contributed by atoms with van der Waals surface area (Å²) in [5.74, 6) is -1.80. The lowest BCUT2D eigenvalue weighted by Gasteiger charge is -2.32. The van der Waals surface area contributed by atoms with Crippen LogP contribution in [0.5, 0.6) is 0 Å². The largest absolute Gasteiger partial charge is 0.480 e. The van der Waals surface area contributed by atoms with Gasteiger partial charge in [-0.05, 0) is 61.3 Å². The molecule has 7 nitrogen and oxygen atoms in total. The van der Waals surface area contributed by atoms with Crippen molar-refractivity contribution in [3.63, 3.8) is 0 Å². The van der Waals surface area contributed by atoms with Crippen molar-refractivity contribution in [2.24, 2.45) is 5.41 Å². The summed E-state index contributed by atoms with van der Waals surface area (Å²) in [7, 11) is 0. The van der Waals surface area contributed by atoms with Crippen LogP contribution >= 0.6 is 0 Å². The molecule has 0 bridgehead atoms. The molecule has 0 heterocycles. The maximum Gasteiger partial charge on any atom is 0.408 e. The third-order valence-electron chi connectivity index (χ3n) is 3.13. The fourth-order valence-electron chi connectivity index (χ4n) is 2.07. The molecule has 0 aliphatic rings. The van der Waals surface area contributed by atoms with Crippen LogP contribution in [-0.4, -0.2) is 40.4 Å². The second-order valence-corrected chi connectivity index (χ2v) is 8.30. The number of hydrogen-bond acceptors (Lipinski definition) is 5. The van der Waals surface area contributed by atoms with Gasteiger partial charge in [0.2, 0.25) is 0 Å². The number of amides is 1. The molecule has 0 aromatic heterocycles. The Morgan fingerprint density at radius 3 is 1.88 bits per heavy atom. The van der Waals surface area contributed by atoms with Gasteiger partial charge in [-0.2, -0.15) is 0 Å². The molecule has 0 aromatic carbocycles. The van der Waals surface area contributed by atoms with E-state index in [0.29, 0.717) is 0 Å². The molecule has 0 spiro atoms. The Morgan fingerprint density at radius 1 is 1.04 bits per heavy atom. The Balaban J connectivity index is 5.32. The summed E-state index contributed by atoms with van der Waals surface area (Å²) in [5, 5.41) is 11.7. The summed E-state index contributed by atoms with van der Waals surface area (Å²) in [6.45, 7) is 15.4. The number of carboxylic acid groups (broad SMARTS) is 1. The molecule has 2 N–H and O–H groups in total. The van der Waals surface area contributed by atoms with Crippen LogP contribution in [0, 0.1) is 5.41 Å². The van der Waals surface area contributed by atoms with E-state index in [1.165, 1.54) is 6.08 Å². The highest BCUT2D eigenvalue weighted by Crippen LogP contribution is 2.32. The van der Waals surface area contributed by atoms with E-state index in [2.05, 4.69) is 11.9 Å². The first-order chi connectivity index (χ1) is 11.1. The molecule has 0 rings (SSSR count). The first kappa shape index (κ1) is 22.9. The molecule has 0 aromatic rings. The van der Waals surface area contributed by atoms with Gasteiger partial charge in [-0.1, -0.05) is 6.08 Å². The van der Waals surface area contributed by atoms with Crippen molar-refractivity contribution < 1.29 is 29.0 Å². The van der Waals surface area contributed by atoms with Crippen LogP contribution in [0.1, 0.15) is 61.3 Å². The summed E-state index contributed by atoms with van der Waals surface area (Å²) in [6.07, 6.45) is 0.727. The molecule has 0 fully saturated rings. The quantitative estimate of drug-likeness (QED) is 0.535. The zero-order chi connectivity index (χ0) is 20.1. The lowest BCUT2D eigenvalue weighted by molar-refractivity contribution is -0.167. The van der Waals surface area contributed by atoms with Crippen LogP contribution < -0.4 is 5.32 Å². The van der Waals surface area contributed by atoms with Crippen LogP contribution in [-0.2, 0) is 19.1 Å². The average Bonchev–Trinajstić information content (AvgIpc) is 2.33. The molecule has 0 saturated carbocycles. The van der Waals surface area contributed by atoms with E-state index >= 15 is 0 Å². The third-order valence-corrected chi connectivity index (χ3v) is 3.13. The van der Waals surface area contributed by atoms with Gasteiger partial charge < -0.3 is 19.9 Å². The Bertz CT molecular complexity index is 515. The van der Waals surface area contributed by atoms with Crippen molar-refractivity contribution in [2.75, 3.05) is 0 Å².